The van der Waals surface area contributed by atoms with Crippen LogP contribution in [0.4, 0.5) is 0 Å². The summed E-state index contributed by atoms with van der Waals surface area (Å²) in [6.07, 6.45) is 9.22. The Morgan fingerprint density at radius 1 is 1.06 bits per heavy atom. The van der Waals surface area contributed by atoms with Crippen molar-refractivity contribution >= 4 is 11.8 Å². The van der Waals surface area contributed by atoms with E-state index in [1.54, 1.807) is 6.26 Å². The summed E-state index contributed by atoms with van der Waals surface area (Å²) in [4.78, 5) is 28.3. The molecule has 2 aliphatic carbocycles. The van der Waals surface area contributed by atoms with Gasteiger partial charge in [-0.05, 0) is 61.1 Å². The fraction of sp³-hybridized carbons (Fsp3) is 0.538. The van der Waals surface area contributed by atoms with Gasteiger partial charge < -0.3 is 14.6 Å². The van der Waals surface area contributed by atoms with Crippen LogP contribution in [-0.2, 0) is 16.1 Å². The Balaban J connectivity index is 1.19. The Labute approximate surface area is 184 Å². The monoisotopic (exact) mass is 420 g/mol. The predicted octanol–water partition coefficient (Wildman–Crippen LogP) is 4.50. The fourth-order valence-electron chi connectivity index (χ4n) is 5.92. The van der Waals surface area contributed by atoms with Crippen molar-refractivity contribution in [2.75, 3.05) is 13.1 Å². The summed E-state index contributed by atoms with van der Waals surface area (Å²) in [5.74, 6) is 1.75. The summed E-state index contributed by atoms with van der Waals surface area (Å²) in [7, 11) is 0. The number of carbonyl (C=O) groups excluding carboxylic acids is 2. The van der Waals surface area contributed by atoms with Crippen molar-refractivity contribution in [3.63, 3.8) is 0 Å². The molecule has 5 heteroatoms. The van der Waals surface area contributed by atoms with Gasteiger partial charge in [-0.15, -0.1) is 0 Å². The van der Waals surface area contributed by atoms with E-state index in [1.807, 2.05) is 30.3 Å². The van der Waals surface area contributed by atoms with Gasteiger partial charge in [0.25, 0.3) is 0 Å². The van der Waals surface area contributed by atoms with E-state index in [4.69, 9.17) is 4.42 Å². The highest BCUT2D eigenvalue weighted by Gasteiger charge is 2.58. The van der Waals surface area contributed by atoms with Crippen LogP contribution < -0.4 is 5.32 Å². The first-order valence-electron chi connectivity index (χ1n) is 11.8. The van der Waals surface area contributed by atoms with Gasteiger partial charge in [-0.3, -0.25) is 9.59 Å². The van der Waals surface area contributed by atoms with Crippen molar-refractivity contribution in [1.29, 1.82) is 0 Å². The van der Waals surface area contributed by atoms with Crippen molar-refractivity contribution in [3.8, 4) is 0 Å². The molecular formula is C26H32N2O3. The number of nitrogens with one attached hydrogen (secondary N) is 1. The van der Waals surface area contributed by atoms with Gasteiger partial charge >= 0.3 is 0 Å². The molecule has 0 radical (unpaired) electrons. The lowest BCUT2D eigenvalue weighted by Gasteiger charge is -2.36. The Hall–Kier alpha value is -2.56. The number of piperidine rings is 1. The molecule has 1 aliphatic heterocycles. The number of furan rings is 1. The third-order valence-corrected chi connectivity index (χ3v) is 7.89. The van der Waals surface area contributed by atoms with Crippen LogP contribution in [0, 0.1) is 17.3 Å². The molecule has 3 aliphatic rings. The summed E-state index contributed by atoms with van der Waals surface area (Å²) >= 11 is 0. The van der Waals surface area contributed by atoms with Gasteiger partial charge in [0.2, 0.25) is 11.8 Å². The fourth-order valence-corrected chi connectivity index (χ4v) is 5.92. The third-order valence-electron chi connectivity index (χ3n) is 7.89. The zero-order chi connectivity index (χ0) is 21.3. The Kier molecular flexibility index (Phi) is 5.59. The van der Waals surface area contributed by atoms with E-state index in [0.29, 0.717) is 18.4 Å². The second-order valence-corrected chi connectivity index (χ2v) is 9.67. The smallest absolute Gasteiger partial charge is 0.230 e. The van der Waals surface area contributed by atoms with Crippen LogP contribution in [0.3, 0.4) is 0 Å². The van der Waals surface area contributed by atoms with Crippen molar-refractivity contribution in [3.05, 3.63) is 60.1 Å². The molecule has 31 heavy (non-hydrogen) atoms. The van der Waals surface area contributed by atoms with Crippen LogP contribution in [0.1, 0.15) is 62.2 Å². The van der Waals surface area contributed by atoms with Crippen LogP contribution in [-0.4, -0.2) is 29.8 Å². The van der Waals surface area contributed by atoms with Gasteiger partial charge in [-0.1, -0.05) is 43.2 Å². The Bertz CT molecular complexity index is 894. The number of likely N-dealkylation sites (tertiary alicyclic amines) is 1. The number of hydrogen-bond acceptors (Lipinski definition) is 3. The maximum Gasteiger partial charge on any atom is 0.230 e. The number of benzene rings is 1. The molecule has 1 spiro atoms. The summed E-state index contributed by atoms with van der Waals surface area (Å²) in [5.41, 5.74) is 1.26. The zero-order valence-electron chi connectivity index (χ0n) is 18.1. The molecule has 2 aromatic rings. The van der Waals surface area contributed by atoms with Gasteiger partial charge in [0.15, 0.2) is 0 Å². The van der Waals surface area contributed by atoms with Crippen molar-refractivity contribution < 1.29 is 14.0 Å². The molecule has 1 aromatic carbocycles. The zero-order valence-corrected chi connectivity index (χ0v) is 18.1. The summed E-state index contributed by atoms with van der Waals surface area (Å²) in [6.45, 7) is 2.00. The highest BCUT2D eigenvalue weighted by molar-refractivity contribution is 5.85. The Morgan fingerprint density at radius 3 is 2.48 bits per heavy atom. The van der Waals surface area contributed by atoms with E-state index in [9.17, 15) is 9.59 Å². The van der Waals surface area contributed by atoms with Crippen LogP contribution in [0.15, 0.2) is 53.1 Å². The van der Waals surface area contributed by atoms with Crippen LogP contribution >= 0.6 is 0 Å². The van der Waals surface area contributed by atoms with E-state index >= 15 is 0 Å². The topological polar surface area (TPSA) is 62.6 Å². The molecule has 5 rings (SSSR count). The van der Waals surface area contributed by atoms with Crippen LogP contribution in [0.25, 0.3) is 0 Å². The molecule has 1 N–H and O–H groups in total. The molecule has 1 saturated heterocycles. The molecule has 3 fully saturated rings. The molecule has 0 unspecified atom stereocenters. The van der Waals surface area contributed by atoms with Gasteiger partial charge in [0, 0.05) is 19.0 Å². The third kappa shape index (κ3) is 4.15. The number of rotatable bonds is 6. The van der Waals surface area contributed by atoms with E-state index in [0.717, 1.165) is 51.0 Å². The molecule has 2 atom stereocenters. The second kappa shape index (κ2) is 8.52. The molecule has 5 nitrogen and oxygen atoms in total. The number of carbonyl (C=O) groups is 2. The van der Waals surface area contributed by atoms with Gasteiger partial charge in [-0.25, -0.2) is 0 Å². The predicted molar refractivity (Wildman–Crippen MR) is 118 cm³/mol. The van der Waals surface area contributed by atoms with Gasteiger partial charge in [-0.2, -0.15) is 0 Å². The SMILES string of the molecule is O=C(NCc1ccco1)[C@@H]1CC12CCN(C(=O)[C@@H](c1ccccc1)C1CCCC1)CC2. The molecule has 2 amide bonds. The van der Waals surface area contributed by atoms with E-state index in [1.165, 1.54) is 18.4 Å². The Morgan fingerprint density at radius 2 is 1.81 bits per heavy atom. The lowest BCUT2D eigenvalue weighted by Crippen LogP contribution is -2.44. The average molecular weight is 421 g/mol. The molecule has 2 saturated carbocycles. The van der Waals surface area contributed by atoms with E-state index in [-0.39, 0.29) is 23.2 Å². The lowest BCUT2D eigenvalue weighted by molar-refractivity contribution is -0.135. The highest BCUT2D eigenvalue weighted by Crippen LogP contribution is 2.59. The number of nitrogens with zero attached hydrogens (tertiary/aromatic N) is 1. The first-order valence-corrected chi connectivity index (χ1v) is 11.8. The van der Waals surface area contributed by atoms with Crippen LogP contribution in [0.5, 0.6) is 0 Å². The molecular weight excluding hydrogens is 388 g/mol. The minimum Gasteiger partial charge on any atom is -0.467 e. The maximum absolute atomic E-state index is 13.6. The largest absolute Gasteiger partial charge is 0.467 e. The van der Waals surface area contributed by atoms with Crippen molar-refractivity contribution in [1.82, 2.24) is 10.2 Å². The molecule has 0 bridgehead atoms. The second-order valence-electron chi connectivity index (χ2n) is 9.67. The van der Waals surface area contributed by atoms with Crippen molar-refractivity contribution in [2.24, 2.45) is 17.3 Å². The van der Waals surface area contributed by atoms with Gasteiger partial charge in [0.1, 0.15) is 5.76 Å². The minimum atomic E-state index is -0.00987. The number of amides is 2. The van der Waals surface area contributed by atoms with E-state index in [2.05, 4.69) is 22.3 Å². The first kappa shape index (κ1) is 20.3. The molecule has 1 aromatic heterocycles. The maximum atomic E-state index is 13.6. The van der Waals surface area contributed by atoms with Gasteiger partial charge in [0.05, 0.1) is 18.7 Å². The normalized spacial score (nSPS) is 23.6. The molecule has 164 valence electrons. The highest BCUT2D eigenvalue weighted by atomic mass is 16.3. The lowest BCUT2D eigenvalue weighted by atomic mass is 9.82. The summed E-state index contributed by atoms with van der Waals surface area (Å²) < 4.78 is 5.30. The molecule has 2 heterocycles. The minimum absolute atomic E-state index is 0.00987. The summed E-state index contributed by atoms with van der Waals surface area (Å²) in [5, 5.41) is 3.02. The van der Waals surface area contributed by atoms with E-state index < -0.39 is 0 Å². The quantitative estimate of drug-likeness (QED) is 0.748. The average Bonchev–Trinajstić information content (AvgIpc) is 3.20. The summed E-state index contributed by atoms with van der Waals surface area (Å²) in [6, 6.07) is 14.1. The number of hydrogen-bond donors (Lipinski definition) is 1. The van der Waals surface area contributed by atoms with Crippen molar-refractivity contribution in [2.45, 2.75) is 57.4 Å². The first-order chi connectivity index (χ1) is 15.2. The van der Waals surface area contributed by atoms with Crippen LogP contribution in [0.2, 0.25) is 0 Å². The standard InChI is InChI=1S/C26H32N2O3/c29-24(27-18-21-11-6-16-31-21)22-17-26(22)12-14-28(15-13-26)25(30)23(20-9-4-5-10-20)19-7-2-1-3-8-19/h1-3,6-8,11,16,20,22-23H,4-5,9-10,12-15,17-18H2,(H,27,29)/t22-,23-/m0/s1.